The Morgan fingerprint density at radius 2 is 1.81 bits per heavy atom. The first-order valence-electron chi connectivity index (χ1n) is 9.63. The highest BCUT2D eigenvalue weighted by molar-refractivity contribution is 5.88. The van der Waals surface area contributed by atoms with Crippen LogP contribution < -0.4 is 5.32 Å². The average molecular weight is 344 g/mol. The molecule has 3 aromatic rings. The van der Waals surface area contributed by atoms with Crippen LogP contribution in [0.15, 0.2) is 60.9 Å². The lowest BCUT2D eigenvalue weighted by Gasteiger charge is -2.46. The van der Waals surface area contributed by atoms with Gasteiger partial charge in [0.05, 0.1) is 11.2 Å². The average Bonchev–Trinajstić information content (AvgIpc) is 2.87. The van der Waals surface area contributed by atoms with E-state index in [-0.39, 0.29) is 5.66 Å². The minimum atomic E-state index is 0.00980. The van der Waals surface area contributed by atoms with Crippen molar-refractivity contribution in [3.8, 4) is 0 Å². The van der Waals surface area contributed by atoms with Gasteiger partial charge in [-0.1, -0.05) is 42.5 Å². The Labute approximate surface area is 154 Å². The molecule has 2 atom stereocenters. The number of nitrogens with zero attached hydrogens (tertiary/aromatic N) is 3. The summed E-state index contributed by atoms with van der Waals surface area (Å²) in [6, 6.07) is 19.8. The van der Waals surface area contributed by atoms with Crippen molar-refractivity contribution in [2.75, 3.05) is 5.32 Å². The van der Waals surface area contributed by atoms with Crippen molar-refractivity contribution in [1.29, 1.82) is 0 Å². The number of hydrogen-bond acceptors (Lipinski definition) is 4. The molecular weight excluding hydrogens is 320 g/mol. The fourth-order valence-corrected chi connectivity index (χ4v) is 4.84. The van der Waals surface area contributed by atoms with Gasteiger partial charge in [-0.15, -0.1) is 0 Å². The van der Waals surface area contributed by atoms with Gasteiger partial charge in [0.15, 0.2) is 0 Å². The lowest BCUT2D eigenvalue weighted by molar-refractivity contribution is 0.0659. The summed E-state index contributed by atoms with van der Waals surface area (Å²) in [4.78, 5) is 11.7. The first kappa shape index (κ1) is 15.8. The zero-order valence-electron chi connectivity index (χ0n) is 14.9. The molecule has 0 saturated carbocycles. The summed E-state index contributed by atoms with van der Waals surface area (Å²) in [6.07, 6.45) is 7.89. The zero-order chi connectivity index (χ0) is 17.4. The quantitative estimate of drug-likeness (QED) is 0.752. The van der Waals surface area contributed by atoms with E-state index in [2.05, 4.69) is 68.7 Å². The topological polar surface area (TPSA) is 41.0 Å². The van der Waals surface area contributed by atoms with Gasteiger partial charge in [-0.05, 0) is 49.8 Å². The smallest absolute Gasteiger partial charge is 0.138 e. The van der Waals surface area contributed by atoms with Crippen molar-refractivity contribution >= 4 is 16.7 Å². The summed E-state index contributed by atoms with van der Waals surface area (Å²) < 4.78 is 0. The molecule has 4 heteroatoms. The molecule has 5 rings (SSSR count). The number of fused-ring (bicyclic) bond motifs is 3. The fraction of sp³-hybridized carbons (Fsp3) is 0.364. The predicted molar refractivity (Wildman–Crippen MR) is 105 cm³/mol. The minimum absolute atomic E-state index is 0.00980. The minimum Gasteiger partial charge on any atom is -0.351 e. The Balaban J connectivity index is 1.50. The van der Waals surface area contributed by atoms with E-state index in [4.69, 9.17) is 0 Å². The van der Waals surface area contributed by atoms with Crippen molar-refractivity contribution in [2.24, 2.45) is 0 Å². The van der Waals surface area contributed by atoms with Crippen molar-refractivity contribution < 1.29 is 0 Å². The van der Waals surface area contributed by atoms with Crippen LogP contribution in [0.25, 0.3) is 10.9 Å². The highest BCUT2D eigenvalue weighted by Crippen LogP contribution is 2.45. The van der Waals surface area contributed by atoms with Crippen LogP contribution in [-0.2, 0) is 6.54 Å². The number of rotatable bonds is 4. The highest BCUT2D eigenvalue weighted by atomic mass is 15.4. The van der Waals surface area contributed by atoms with Crippen molar-refractivity contribution in [1.82, 2.24) is 14.9 Å². The molecule has 2 saturated heterocycles. The van der Waals surface area contributed by atoms with Crippen molar-refractivity contribution in [3.05, 3.63) is 66.5 Å². The summed E-state index contributed by atoms with van der Waals surface area (Å²) in [5.41, 5.74) is 2.40. The molecule has 0 aliphatic carbocycles. The molecule has 26 heavy (non-hydrogen) atoms. The second-order valence-corrected chi connectivity index (χ2v) is 7.59. The molecule has 2 aliphatic heterocycles. The highest BCUT2D eigenvalue weighted by Gasteiger charge is 2.48. The van der Waals surface area contributed by atoms with Gasteiger partial charge in [0.1, 0.15) is 12.1 Å². The van der Waals surface area contributed by atoms with Crippen LogP contribution in [0.4, 0.5) is 5.82 Å². The Morgan fingerprint density at radius 3 is 2.73 bits per heavy atom. The maximum absolute atomic E-state index is 4.61. The normalized spacial score (nSPS) is 25.5. The third-order valence-corrected chi connectivity index (χ3v) is 6.10. The number of anilines is 1. The number of benzene rings is 2. The lowest BCUT2D eigenvalue weighted by atomic mass is 9.95. The molecular formula is C22H24N4. The number of piperidine rings is 1. The van der Waals surface area contributed by atoms with Gasteiger partial charge >= 0.3 is 0 Å². The van der Waals surface area contributed by atoms with E-state index in [0.29, 0.717) is 6.04 Å². The number of nitrogens with one attached hydrogen (secondary N) is 1. The molecule has 2 aromatic carbocycles. The Hall–Kier alpha value is -2.46. The van der Waals surface area contributed by atoms with Crippen LogP contribution in [0.2, 0.25) is 0 Å². The number of aromatic nitrogens is 2. The van der Waals surface area contributed by atoms with Crippen LogP contribution in [0.3, 0.4) is 0 Å². The maximum atomic E-state index is 4.61. The van der Waals surface area contributed by atoms with Gasteiger partial charge in [-0.25, -0.2) is 9.97 Å². The van der Waals surface area contributed by atoms with E-state index in [0.717, 1.165) is 23.3 Å². The largest absolute Gasteiger partial charge is 0.351 e. The monoisotopic (exact) mass is 344 g/mol. The van der Waals surface area contributed by atoms with E-state index in [1.54, 1.807) is 6.33 Å². The molecule has 4 nitrogen and oxygen atoms in total. The van der Waals surface area contributed by atoms with E-state index in [9.17, 15) is 0 Å². The second kappa shape index (κ2) is 6.36. The van der Waals surface area contributed by atoms with Crippen LogP contribution in [-0.4, -0.2) is 26.6 Å². The third kappa shape index (κ3) is 2.65. The Kier molecular flexibility index (Phi) is 3.86. The van der Waals surface area contributed by atoms with Crippen molar-refractivity contribution in [2.45, 2.75) is 50.4 Å². The SMILES string of the molecule is c1ccc(CN2C3CCCC2(Nc2ncnc4ccccc24)CC3)cc1. The van der Waals surface area contributed by atoms with Gasteiger partial charge in [0.25, 0.3) is 0 Å². The number of hydrogen-bond donors (Lipinski definition) is 1. The van der Waals surface area contributed by atoms with Gasteiger partial charge in [0, 0.05) is 18.0 Å². The Bertz CT molecular complexity index is 901. The molecule has 1 N–H and O–H groups in total. The van der Waals surface area contributed by atoms with Gasteiger partial charge < -0.3 is 5.32 Å². The predicted octanol–water partition coefficient (Wildman–Crippen LogP) is 4.59. The molecule has 0 spiro atoms. The number of para-hydroxylation sites is 1. The van der Waals surface area contributed by atoms with Gasteiger partial charge in [-0.2, -0.15) is 0 Å². The van der Waals surface area contributed by atoms with Gasteiger partial charge in [0.2, 0.25) is 0 Å². The van der Waals surface area contributed by atoms with Crippen LogP contribution in [0, 0.1) is 0 Å². The van der Waals surface area contributed by atoms with Crippen molar-refractivity contribution in [3.63, 3.8) is 0 Å². The zero-order valence-corrected chi connectivity index (χ0v) is 14.9. The van der Waals surface area contributed by atoms with Gasteiger partial charge in [-0.3, -0.25) is 4.90 Å². The summed E-state index contributed by atoms with van der Waals surface area (Å²) in [7, 11) is 0. The summed E-state index contributed by atoms with van der Waals surface area (Å²) >= 11 is 0. The lowest BCUT2D eigenvalue weighted by Crippen LogP contribution is -2.54. The van der Waals surface area contributed by atoms with Crippen LogP contribution >= 0.6 is 0 Å². The summed E-state index contributed by atoms with van der Waals surface area (Å²) in [5, 5.41) is 4.98. The molecule has 0 radical (unpaired) electrons. The fourth-order valence-electron chi connectivity index (χ4n) is 4.84. The Morgan fingerprint density at radius 1 is 0.962 bits per heavy atom. The molecule has 2 unspecified atom stereocenters. The molecule has 0 amide bonds. The van der Waals surface area contributed by atoms with E-state index in [1.165, 1.54) is 37.7 Å². The molecule has 1 aromatic heterocycles. The first-order chi connectivity index (χ1) is 12.8. The molecule has 3 heterocycles. The second-order valence-electron chi connectivity index (χ2n) is 7.59. The van der Waals surface area contributed by atoms with E-state index < -0.39 is 0 Å². The summed E-state index contributed by atoms with van der Waals surface area (Å²) in [6.45, 7) is 1.00. The molecule has 2 aliphatic rings. The van der Waals surface area contributed by atoms with E-state index >= 15 is 0 Å². The third-order valence-electron chi connectivity index (χ3n) is 6.10. The van der Waals surface area contributed by atoms with Crippen LogP contribution in [0.1, 0.15) is 37.7 Å². The molecule has 132 valence electrons. The van der Waals surface area contributed by atoms with Crippen LogP contribution in [0.5, 0.6) is 0 Å². The first-order valence-corrected chi connectivity index (χ1v) is 9.63. The van der Waals surface area contributed by atoms with E-state index in [1.807, 2.05) is 6.07 Å². The maximum Gasteiger partial charge on any atom is 0.138 e. The standard InChI is InChI=1S/C22H24N4/c1-2-7-17(8-3-1)15-26-18-9-6-13-22(26,14-12-18)25-21-19-10-4-5-11-20(19)23-16-24-21/h1-5,7-8,10-11,16,18H,6,9,12-15H2,(H,23,24,25). The molecule has 2 fully saturated rings. The summed E-state index contributed by atoms with van der Waals surface area (Å²) in [5.74, 6) is 0.969. The molecule has 2 bridgehead atoms.